The number of furan rings is 2. The van der Waals surface area contributed by atoms with Crippen LogP contribution in [0.25, 0.3) is 21.9 Å². The average molecular weight is 901 g/mol. The third-order valence-corrected chi connectivity index (χ3v) is 10.5. The van der Waals surface area contributed by atoms with Gasteiger partial charge in [-0.15, -0.1) is 0 Å². The standard InChI is InChI=1S/C27H27N3O4.C26H25N3O4/c1-2-5-18-8-9-20-17-25(34-24(20)16-18)27(32)29-14-15-33-21-12-10-19(11-13-21)26(31)30-23-7-4-3-6-22(23)28;1-2-17-7-8-19-16-24(33-23(19)15-17)26(31)28-13-14-32-20-11-9-18(10-12-20)25(30)29-22-6-4-3-5-21(22)27/h3-4,6-13,16-17H,2,5,14-15,28H2,1H3,(H,29,32)(H,30,31);3-12,15-16H,2,13-14,27H2,1H3,(H,28,31)(H,29,30). The van der Waals surface area contributed by atoms with Crippen molar-refractivity contribution in [1.29, 1.82) is 0 Å². The molecular weight excluding hydrogens is 849 g/mol. The molecule has 0 aliphatic rings. The molecule has 6 aromatic carbocycles. The summed E-state index contributed by atoms with van der Waals surface area (Å²) < 4.78 is 22.7. The highest BCUT2D eigenvalue weighted by Gasteiger charge is 2.15. The van der Waals surface area contributed by atoms with Gasteiger partial charge in [-0.25, -0.2) is 0 Å². The van der Waals surface area contributed by atoms with Gasteiger partial charge in [0.15, 0.2) is 11.5 Å². The van der Waals surface area contributed by atoms with Gasteiger partial charge in [0.1, 0.15) is 35.9 Å². The van der Waals surface area contributed by atoms with Crippen molar-refractivity contribution in [2.45, 2.75) is 33.1 Å². The van der Waals surface area contributed by atoms with Crippen LogP contribution in [0.15, 0.2) is 154 Å². The number of nitrogens with two attached hydrogens (primary N) is 2. The van der Waals surface area contributed by atoms with Gasteiger partial charge in [-0.3, -0.25) is 19.2 Å². The van der Waals surface area contributed by atoms with E-state index in [2.05, 4.69) is 41.2 Å². The molecule has 2 aromatic heterocycles. The predicted octanol–water partition coefficient (Wildman–Crippen LogP) is 9.67. The molecule has 8 rings (SSSR count). The number of nitrogen functional groups attached to an aromatic ring is 2. The van der Waals surface area contributed by atoms with Gasteiger partial charge in [0.25, 0.3) is 23.6 Å². The van der Waals surface area contributed by atoms with Crippen molar-refractivity contribution in [2.24, 2.45) is 0 Å². The Balaban J connectivity index is 0.000000199. The van der Waals surface area contributed by atoms with Crippen LogP contribution < -0.4 is 42.2 Å². The van der Waals surface area contributed by atoms with Gasteiger partial charge in [0.2, 0.25) is 0 Å². The summed E-state index contributed by atoms with van der Waals surface area (Å²) in [6.45, 7) is 5.37. The molecule has 67 heavy (non-hydrogen) atoms. The number of rotatable bonds is 17. The molecule has 342 valence electrons. The number of hydrogen-bond donors (Lipinski definition) is 6. The van der Waals surface area contributed by atoms with E-state index < -0.39 is 0 Å². The van der Waals surface area contributed by atoms with Crippen LogP contribution in [0.3, 0.4) is 0 Å². The molecule has 0 saturated carbocycles. The number of carbonyl (C=O) groups is 4. The molecule has 14 nitrogen and oxygen atoms in total. The summed E-state index contributed by atoms with van der Waals surface area (Å²) in [6, 6.07) is 43.1. The van der Waals surface area contributed by atoms with Gasteiger partial charge in [-0.2, -0.15) is 0 Å². The lowest BCUT2D eigenvalue weighted by molar-refractivity contribution is 0.0914. The van der Waals surface area contributed by atoms with Crippen molar-refractivity contribution in [2.75, 3.05) is 48.4 Å². The molecule has 0 spiro atoms. The van der Waals surface area contributed by atoms with Gasteiger partial charge < -0.3 is 51.0 Å². The van der Waals surface area contributed by atoms with Crippen LogP contribution >= 0.6 is 0 Å². The van der Waals surface area contributed by atoms with Crippen LogP contribution in [0.2, 0.25) is 0 Å². The fraction of sp³-hybridized carbons (Fsp3) is 0.170. The van der Waals surface area contributed by atoms with Crippen LogP contribution in [0.5, 0.6) is 11.5 Å². The first-order valence-electron chi connectivity index (χ1n) is 22.0. The second kappa shape index (κ2) is 22.4. The minimum Gasteiger partial charge on any atom is -0.492 e. The molecule has 0 unspecified atom stereocenters. The lowest BCUT2D eigenvalue weighted by atomic mass is 10.1. The van der Waals surface area contributed by atoms with Crippen LogP contribution in [0, 0.1) is 0 Å². The molecular formula is C53H52N6O8. The fourth-order valence-electron chi connectivity index (χ4n) is 6.90. The topological polar surface area (TPSA) is 213 Å². The minimum atomic E-state index is -0.292. The van der Waals surface area contributed by atoms with E-state index in [9.17, 15) is 19.2 Å². The Labute approximate surface area is 387 Å². The highest BCUT2D eigenvalue weighted by Crippen LogP contribution is 2.24. The number of aryl methyl sites for hydroxylation is 2. The minimum absolute atomic E-state index is 0.260. The monoisotopic (exact) mass is 900 g/mol. The maximum absolute atomic E-state index is 12.4. The van der Waals surface area contributed by atoms with Crippen molar-refractivity contribution in [3.63, 3.8) is 0 Å². The van der Waals surface area contributed by atoms with Crippen LogP contribution in [-0.2, 0) is 12.8 Å². The number of benzene rings is 6. The molecule has 0 saturated heterocycles. The first-order valence-corrected chi connectivity index (χ1v) is 22.0. The molecule has 4 amide bonds. The largest absolute Gasteiger partial charge is 0.492 e. The van der Waals surface area contributed by atoms with E-state index in [0.29, 0.717) is 69.6 Å². The normalized spacial score (nSPS) is 10.7. The first-order chi connectivity index (χ1) is 32.6. The smallest absolute Gasteiger partial charge is 0.287 e. The molecule has 0 aliphatic heterocycles. The maximum Gasteiger partial charge on any atom is 0.287 e. The fourth-order valence-corrected chi connectivity index (χ4v) is 6.90. The van der Waals surface area contributed by atoms with Crippen molar-refractivity contribution in [3.8, 4) is 11.5 Å². The third kappa shape index (κ3) is 12.6. The zero-order chi connectivity index (χ0) is 47.1. The summed E-state index contributed by atoms with van der Waals surface area (Å²) in [5.74, 6) is 0.635. The zero-order valence-corrected chi connectivity index (χ0v) is 37.2. The van der Waals surface area contributed by atoms with Crippen molar-refractivity contribution in [1.82, 2.24) is 10.6 Å². The van der Waals surface area contributed by atoms with E-state index in [4.69, 9.17) is 29.8 Å². The Morgan fingerprint density at radius 1 is 0.507 bits per heavy atom. The summed E-state index contributed by atoms with van der Waals surface area (Å²) >= 11 is 0. The number of carbonyl (C=O) groups excluding carboxylic acids is 4. The number of para-hydroxylation sites is 4. The summed E-state index contributed by atoms with van der Waals surface area (Å²) in [4.78, 5) is 49.6. The molecule has 8 N–H and O–H groups in total. The Morgan fingerprint density at radius 2 is 0.940 bits per heavy atom. The van der Waals surface area contributed by atoms with Crippen LogP contribution in [0.4, 0.5) is 22.7 Å². The van der Waals surface area contributed by atoms with E-state index in [1.165, 1.54) is 5.56 Å². The van der Waals surface area contributed by atoms with Crippen LogP contribution in [-0.4, -0.2) is 49.9 Å². The van der Waals surface area contributed by atoms with E-state index in [1.807, 2.05) is 30.3 Å². The number of anilines is 4. The predicted molar refractivity (Wildman–Crippen MR) is 262 cm³/mol. The Morgan fingerprint density at radius 3 is 1.37 bits per heavy atom. The molecule has 0 fully saturated rings. The number of hydrogen-bond acceptors (Lipinski definition) is 10. The van der Waals surface area contributed by atoms with E-state index in [0.717, 1.165) is 35.6 Å². The first kappa shape index (κ1) is 46.5. The van der Waals surface area contributed by atoms with E-state index >= 15 is 0 Å². The molecule has 14 heteroatoms. The van der Waals surface area contributed by atoms with Crippen molar-refractivity contribution < 1.29 is 37.5 Å². The van der Waals surface area contributed by atoms with Gasteiger partial charge in [-0.05, 0) is 121 Å². The number of amides is 4. The van der Waals surface area contributed by atoms with Gasteiger partial charge in [-0.1, -0.05) is 68.8 Å². The molecule has 0 radical (unpaired) electrons. The Kier molecular flexibility index (Phi) is 15.5. The van der Waals surface area contributed by atoms with Gasteiger partial charge in [0, 0.05) is 21.9 Å². The Bertz CT molecular complexity index is 2980. The number of ether oxygens (including phenoxy) is 2. The molecule has 0 atom stereocenters. The summed E-state index contributed by atoms with van der Waals surface area (Å²) in [5, 5.41) is 12.9. The van der Waals surface area contributed by atoms with E-state index in [-0.39, 0.29) is 48.4 Å². The highest BCUT2D eigenvalue weighted by molar-refractivity contribution is 6.06. The summed E-state index contributed by atoms with van der Waals surface area (Å²) in [5.41, 5.74) is 18.6. The van der Waals surface area contributed by atoms with Crippen LogP contribution in [0.1, 0.15) is 73.2 Å². The molecule has 2 heterocycles. The molecule has 8 aromatic rings. The Hall–Kier alpha value is -8.52. The lowest BCUT2D eigenvalue weighted by Gasteiger charge is -2.09. The third-order valence-electron chi connectivity index (χ3n) is 10.5. The summed E-state index contributed by atoms with van der Waals surface area (Å²) in [6.07, 6.45) is 2.93. The summed E-state index contributed by atoms with van der Waals surface area (Å²) in [7, 11) is 0. The maximum atomic E-state index is 12.4. The van der Waals surface area contributed by atoms with Gasteiger partial charge in [0.05, 0.1) is 35.8 Å². The quantitative estimate of drug-likeness (QED) is 0.0376. The number of nitrogens with one attached hydrogen (secondary N) is 4. The van der Waals surface area contributed by atoms with Crippen molar-refractivity contribution in [3.05, 3.63) is 179 Å². The zero-order valence-electron chi connectivity index (χ0n) is 37.2. The van der Waals surface area contributed by atoms with Gasteiger partial charge >= 0.3 is 0 Å². The second-order valence-corrected chi connectivity index (χ2v) is 15.4. The molecule has 0 aliphatic carbocycles. The van der Waals surface area contributed by atoms with Crippen molar-refractivity contribution >= 4 is 68.3 Å². The molecule has 0 bridgehead atoms. The average Bonchev–Trinajstić information content (AvgIpc) is 3.98. The lowest BCUT2D eigenvalue weighted by Crippen LogP contribution is -2.27. The van der Waals surface area contributed by atoms with E-state index in [1.54, 1.807) is 109 Å². The second-order valence-electron chi connectivity index (χ2n) is 15.4. The number of fused-ring (bicyclic) bond motifs is 2. The highest BCUT2D eigenvalue weighted by atomic mass is 16.5. The SMILES string of the molecule is CCCc1ccc2cc(C(=O)NCCOc3ccc(C(=O)Nc4ccccc4N)cc3)oc2c1.CCc1ccc2cc(C(=O)NCCOc3ccc(C(=O)Nc4ccccc4N)cc3)oc2c1.